The Morgan fingerprint density at radius 3 is 2.62 bits per heavy atom. The molecule has 4 rings (SSSR count). The topological polar surface area (TPSA) is 39.7 Å². The number of thiophene rings is 1. The van der Waals surface area contributed by atoms with E-state index < -0.39 is 0 Å². The number of hydrogen-bond acceptors (Lipinski definition) is 3. The van der Waals surface area contributed by atoms with E-state index >= 15 is 0 Å². The maximum Gasteiger partial charge on any atom is 0.191 e. The average molecular weight is 369 g/mol. The Balaban J connectivity index is 1.28. The molecule has 0 amide bonds. The first kappa shape index (κ1) is 17.4. The second-order valence-corrected chi connectivity index (χ2v) is 8.11. The third kappa shape index (κ3) is 4.21. The van der Waals surface area contributed by atoms with Crippen molar-refractivity contribution in [1.29, 1.82) is 0 Å². The van der Waals surface area contributed by atoms with Crippen molar-refractivity contribution in [3.63, 3.8) is 0 Å². The number of aliphatic imine (C=N–C) groups is 1. The van der Waals surface area contributed by atoms with Crippen LogP contribution in [0.5, 0.6) is 0 Å². The van der Waals surface area contributed by atoms with Crippen LogP contribution in [0, 0.1) is 0 Å². The van der Waals surface area contributed by atoms with E-state index in [0.717, 1.165) is 38.4 Å². The molecule has 2 atom stereocenters. The Hall–Kier alpha value is -2.01. The SMILES string of the molecule is CCN=C(NC1CCN(c2cccs2)CC1)NC1CC1c1ccccc1. The van der Waals surface area contributed by atoms with Crippen LogP contribution in [0.25, 0.3) is 0 Å². The van der Waals surface area contributed by atoms with Crippen molar-refractivity contribution < 1.29 is 0 Å². The fourth-order valence-electron chi connectivity index (χ4n) is 3.78. The molecule has 2 aromatic rings. The Bertz CT molecular complexity index is 705. The van der Waals surface area contributed by atoms with Crippen LogP contribution in [-0.2, 0) is 0 Å². The second-order valence-electron chi connectivity index (χ2n) is 7.18. The minimum Gasteiger partial charge on any atom is -0.363 e. The summed E-state index contributed by atoms with van der Waals surface area (Å²) in [7, 11) is 0. The van der Waals surface area contributed by atoms with Crippen LogP contribution >= 0.6 is 11.3 Å². The molecule has 0 bridgehead atoms. The number of nitrogens with one attached hydrogen (secondary N) is 2. The number of anilines is 1. The molecule has 1 aromatic heterocycles. The monoisotopic (exact) mass is 368 g/mol. The van der Waals surface area contributed by atoms with Gasteiger partial charge in [-0.15, -0.1) is 11.3 Å². The second kappa shape index (κ2) is 8.12. The van der Waals surface area contributed by atoms with Crippen LogP contribution in [-0.4, -0.2) is 37.7 Å². The number of guanidine groups is 1. The molecule has 1 saturated carbocycles. The van der Waals surface area contributed by atoms with Crippen LogP contribution in [0.1, 0.15) is 37.7 Å². The summed E-state index contributed by atoms with van der Waals surface area (Å²) in [5.41, 5.74) is 1.44. The Morgan fingerprint density at radius 1 is 1.12 bits per heavy atom. The molecule has 1 aliphatic carbocycles. The minimum atomic E-state index is 0.512. The molecule has 1 aliphatic heterocycles. The molecule has 2 unspecified atom stereocenters. The van der Waals surface area contributed by atoms with Crippen molar-refractivity contribution in [3.8, 4) is 0 Å². The Kier molecular flexibility index (Phi) is 5.44. The van der Waals surface area contributed by atoms with Crippen LogP contribution in [0.3, 0.4) is 0 Å². The predicted octanol–water partition coefficient (Wildman–Crippen LogP) is 3.83. The van der Waals surface area contributed by atoms with E-state index in [9.17, 15) is 0 Å². The van der Waals surface area contributed by atoms with Gasteiger partial charge in [-0.25, -0.2) is 0 Å². The first-order valence-electron chi connectivity index (χ1n) is 9.74. The van der Waals surface area contributed by atoms with E-state index in [1.165, 1.54) is 17.0 Å². The molecule has 5 heteroatoms. The number of rotatable bonds is 5. The number of piperidine rings is 1. The minimum absolute atomic E-state index is 0.512. The fraction of sp³-hybridized carbons (Fsp3) is 0.476. The van der Waals surface area contributed by atoms with Gasteiger partial charge in [0.05, 0.1) is 5.00 Å². The van der Waals surface area contributed by atoms with Crippen molar-refractivity contribution in [2.24, 2.45) is 4.99 Å². The summed E-state index contributed by atoms with van der Waals surface area (Å²) in [4.78, 5) is 7.18. The van der Waals surface area contributed by atoms with Gasteiger partial charge >= 0.3 is 0 Å². The highest BCUT2D eigenvalue weighted by Gasteiger charge is 2.39. The summed E-state index contributed by atoms with van der Waals surface area (Å²) in [5.74, 6) is 1.62. The zero-order chi connectivity index (χ0) is 17.8. The van der Waals surface area contributed by atoms with E-state index in [2.05, 4.69) is 75.3 Å². The van der Waals surface area contributed by atoms with Crippen molar-refractivity contribution in [2.75, 3.05) is 24.5 Å². The van der Waals surface area contributed by atoms with Gasteiger partial charge in [0, 0.05) is 37.6 Å². The van der Waals surface area contributed by atoms with Crippen molar-refractivity contribution >= 4 is 22.3 Å². The van der Waals surface area contributed by atoms with E-state index in [0.29, 0.717) is 18.0 Å². The molecule has 26 heavy (non-hydrogen) atoms. The van der Waals surface area contributed by atoms with Gasteiger partial charge in [-0.3, -0.25) is 4.99 Å². The van der Waals surface area contributed by atoms with Crippen LogP contribution < -0.4 is 15.5 Å². The first-order valence-corrected chi connectivity index (χ1v) is 10.6. The van der Waals surface area contributed by atoms with Crippen molar-refractivity contribution in [3.05, 3.63) is 53.4 Å². The quantitative estimate of drug-likeness (QED) is 0.622. The lowest BCUT2D eigenvalue weighted by molar-refractivity contribution is 0.462. The van der Waals surface area contributed by atoms with Gasteiger partial charge in [0.1, 0.15) is 0 Å². The van der Waals surface area contributed by atoms with Gasteiger partial charge in [-0.2, -0.15) is 0 Å². The number of hydrogen-bond donors (Lipinski definition) is 2. The highest BCUT2D eigenvalue weighted by atomic mass is 32.1. The molecule has 2 aliphatic rings. The summed E-state index contributed by atoms with van der Waals surface area (Å²) in [5, 5.41) is 10.9. The van der Waals surface area contributed by atoms with E-state index in [-0.39, 0.29) is 0 Å². The molecular weight excluding hydrogens is 340 g/mol. The molecule has 1 saturated heterocycles. The van der Waals surface area contributed by atoms with Gasteiger partial charge < -0.3 is 15.5 Å². The summed E-state index contributed by atoms with van der Waals surface area (Å²) < 4.78 is 0. The normalized spacial score (nSPS) is 23.7. The van der Waals surface area contributed by atoms with E-state index in [4.69, 9.17) is 0 Å². The molecule has 0 spiro atoms. The third-order valence-corrected chi connectivity index (χ3v) is 6.24. The molecule has 0 radical (unpaired) electrons. The lowest BCUT2D eigenvalue weighted by Gasteiger charge is -2.33. The predicted molar refractivity (Wildman–Crippen MR) is 111 cm³/mol. The van der Waals surface area contributed by atoms with Crippen molar-refractivity contribution in [2.45, 2.75) is 44.2 Å². The average Bonchev–Trinajstić information content (AvgIpc) is 3.22. The van der Waals surface area contributed by atoms with Crippen LogP contribution in [0.2, 0.25) is 0 Å². The molecule has 2 fully saturated rings. The van der Waals surface area contributed by atoms with Crippen LogP contribution in [0.15, 0.2) is 52.8 Å². The smallest absolute Gasteiger partial charge is 0.191 e. The van der Waals surface area contributed by atoms with Gasteiger partial charge in [-0.05, 0) is 49.3 Å². The van der Waals surface area contributed by atoms with E-state index in [1.54, 1.807) is 0 Å². The Labute approximate surface area is 160 Å². The highest BCUT2D eigenvalue weighted by molar-refractivity contribution is 7.14. The van der Waals surface area contributed by atoms with Gasteiger partial charge in [-0.1, -0.05) is 30.3 Å². The van der Waals surface area contributed by atoms with Gasteiger partial charge in [0.2, 0.25) is 0 Å². The maximum atomic E-state index is 4.68. The van der Waals surface area contributed by atoms with Gasteiger partial charge in [0.25, 0.3) is 0 Å². The molecule has 2 N–H and O–H groups in total. The van der Waals surface area contributed by atoms with Crippen LogP contribution in [0.4, 0.5) is 5.00 Å². The summed E-state index contributed by atoms with van der Waals surface area (Å²) in [6.07, 6.45) is 3.52. The summed E-state index contributed by atoms with van der Waals surface area (Å²) in [6.45, 7) is 5.15. The summed E-state index contributed by atoms with van der Waals surface area (Å²) >= 11 is 1.84. The molecular formula is C21H28N4S. The molecule has 4 nitrogen and oxygen atoms in total. The standard InChI is InChI=1S/C21H28N4S/c1-2-22-21(24-19-15-18(19)16-7-4-3-5-8-16)23-17-10-12-25(13-11-17)20-9-6-14-26-20/h3-9,14,17-19H,2,10-13,15H2,1H3,(H2,22,23,24). The fourth-order valence-corrected chi connectivity index (χ4v) is 4.56. The largest absolute Gasteiger partial charge is 0.363 e. The molecule has 1 aromatic carbocycles. The van der Waals surface area contributed by atoms with Gasteiger partial charge in [0.15, 0.2) is 5.96 Å². The molecule has 138 valence electrons. The maximum absolute atomic E-state index is 4.68. The third-order valence-electron chi connectivity index (χ3n) is 5.31. The number of nitrogens with zero attached hydrogens (tertiary/aromatic N) is 2. The first-order chi connectivity index (χ1) is 12.8. The van der Waals surface area contributed by atoms with E-state index in [1.807, 2.05) is 11.3 Å². The lowest BCUT2D eigenvalue weighted by Crippen LogP contribution is -2.49. The Morgan fingerprint density at radius 2 is 1.92 bits per heavy atom. The zero-order valence-corrected chi connectivity index (χ0v) is 16.2. The summed E-state index contributed by atoms with van der Waals surface area (Å²) in [6, 6.07) is 16.2. The van der Waals surface area contributed by atoms with Crippen molar-refractivity contribution in [1.82, 2.24) is 10.6 Å². The lowest BCUT2D eigenvalue weighted by atomic mass is 10.1. The molecule has 2 heterocycles. The highest BCUT2D eigenvalue weighted by Crippen LogP contribution is 2.40. The zero-order valence-electron chi connectivity index (χ0n) is 15.4. The number of benzene rings is 1.